The molecule has 0 bridgehead atoms. The van der Waals surface area contributed by atoms with E-state index < -0.39 is 40.1 Å². The first-order valence-electron chi connectivity index (χ1n) is 8.44. The number of benzene rings is 1. The number of β-lactam (4-membered cyclic amide) rings is 1. The van der Waals surface area contributed by atoms with Gasteiger partial charge in [-0.2, -0.15) is 0 Å². The fourth-order valence-corrected chi connectivity index (χ4v) is 5.18. The summed E-state index contributed by atoms with van der Waals surface area (Å²) in [5.74, 6) is -1.54. The molecule has 4 atom stereocenters. The number of halogens is 1. The molecular formula is C17H18ClN5O4S. The smallest absolute Gasteiger partial charge is 0.331 e. The van der Waals surface area contributed by atoms with Crippen molar-refractivity contribution in [3.8, 4) is 0 Å². The number of carbonyl (C=O) groups is 3. The lowest BCUT2D eigenvalue weighted by Crippen LogP contribution is -2.71. The van der Waals surface area contributed by atoms with Gasteiger partial charge in [0.15, 0.2) is 6.07 Å². The number of amides is 2. The first kappa shape index (κ1) is 20.3. The van der Waals surface area contributed by atoms with Gasteiger partial charge in [-0.3, -0.25) is 9.59 Å². The lowest BCUT2D eigenvalue weighted by molar-refractivity contribution is -0.163. The van der Waals surface area contributed by atoms with Gasteiger partial charge in [0.25, 0.3) is 0 Å². The first-order valence-corrected chi connectivity index (χ1v) is 9.85. The van der Waals surface area contributed by atoms with Crippen LogP contribution >= 0.6 is 23.4 Å². The van der Waals surface area contributed by atoms with Crippen molar-refractivity contribution >= 4 is 41.1 Å². The van der Waals surface area contributed by atoms with Crippen LogP contribution in [-0.4, -0.2) is 51.0 Å². The summed E-state index contributed by atoms with van der Waals surface area (Å²) in [7, 11) is 0. The van der Waals surface area contributed by atoms with Crippen LogP contribution in [0.2, 0.25) is 0 Å². The minimum Gasteiger partial charge on any atom is -0.448 e. The zero-order chi connectivity index (χ0) is 20.5. The second-order valence-corrected chi connectivity index (χ2v) is 8.83. The van der Waals surface area contributed by atoms with E-state index in [-0.39, 0.29) is 12.0 Å². The Labute approximate surface area is 170 Å². The molecule has 1 aromatic carbocycles. The fraction of sp³-hybridized carbons (Fsp3) is 0.471. The number of fused-ring (bicyclic) bond motifs is 1. The van der Waals surface area contributed by atoms with Crippen molar-refractivity contribution in [3.05, 3.63) is 46.3 Å². The van der Waals surface area contributed by atoms with Crippen molar-refractivity contribution in [2.45, 2.75) is 42.1 Å². The maximum Gasteiger partial charge on any atom is 0.331 e. The molecule has 1 aromatic rings. The molecule has 0 saturated carbocycles. The van der Waals surface area contributed by atoms with E-state index in [1.165, 1.54) is 16.7 Å². The standard InChI is InChI=1S/C17H18ClN5O4S/c1-17(2)12(16(26)27-8-18)23-14(25)11(15(23)28-17)20-13(24)10(21-22-19)9-6-4-3-5-7-9/h3-7,10-12,15H,8H2,1-2H3,(H,20,24)/t10?,11-,12+,15-/m1/s1. The highest BCUT2D eigenvalue weighted by atomic mass is 35.5. The highest BCUT2D eigenvalue weighted by Crippen LogP contribution is 2.51. The van der Waals surface area contributed by atoms with E-state index in [9.17, 15) is 14.4 Å². The van der Waals surface area contributed by atoms with Crippen LogP contribution in [0.15, 0.2) is 35.4 Å². The summed E-state index contributed by atoms with van der Waals surface area (Å²) >= 11 is 6.87. The van der Waals surface area contributed by atoms with E-state index in [1.54, 1.807) is 30.3 Å². The fourth-order valence-electron chi connectivity index (χ4n) is 3.45. The number of thioether (sulfide) groups is 1. The van der Waals surface area contributed by atoms with Gasteiger partial charge in [-0.1, -0.05) is 47.0 Å². The van der Waals surface area contributed by atoms with Crippen LogP contribution in [0.3, 0.4) is 0 Å². The molecule has 1 unspecified atom stereocenters. The first-order chi connectivity index (χ1) is 13.3. The molecule has 148 valence electrons. The maximum atomic E-state index is 12.7. The Kier molecular flexibility index (Phi) is 5.74. The summed E-state index contributed by atoms with van der Waals surface area (Å²) in [5.41, 5.74) is 9.32. The molecule has 2 amide bonds. The molecule has 2 aliphatic rings. The largest absolute Gasteiger partial charge is 0.448 e. The van der Waals surface area contributed by atoms with Crippen LogP contribution in [0.5, 0.6) is 0 Å². The lowest BCUT2D eigenvalue weighted by atomic mass is 9.95. The summed E-state index contributed by atoms with van der Waals surface area (Å²) in [6, 6.07) is 5.56. The third kappa shape index (κ3) is 3.50. The number of carbonyl (C=O) groups excluding carboxylic acids is 3. The van der Waals surface area contributed by atoms with Gasteiger partial charge in [0, 0.05) is 9.66 Å². The number of ether oxygens (including phenoxy) is 1. The van der Waals surface area contributed by atoms with Gasteiger partial charge >= 0.3 is 5.97 Å². The van der Waals surface area contributed by atoms with E-state index in [4.69, 9.17) is 21.9 Å². The summed E-state index contributed by atoms with van der Waals surface area (Å²) in [5, 5.41) is 5.80. The minimum absolute atomic E-state index is 0.298. The number of rotatable bonds is 6. The molecule has 0 aromatic heterocycles. The van der Waals surface area contributed by atoms with E-state index >= 15 is 0 Å². The Bertz CT molecular complexity index is 845. The van der Waals surface area contributed by atoms with Gasteiger partial charge in [-0.05, 0) is 24.9 Å². The maximum absolute atomic E-state index is 12.7. The monoisotopic (exact) mass is 423 g/mol. The summed E-state index contributed by atoms with van der Waals surface area (Å²) < 4.78 is 4.28. The molecule has 11 heteroatoms. The highest BCUT2D eigenvalue weighted by molar-refractivity contribution is 8.01. The van der Waals surface area contributed by atoms with Crippen LogP contribution < -0.4 is 5.32 Å². The van der Waals surface area contributed by atoms with E-state index in [0.29, 0.717) is 5.56 Å². The van der Waals surface area contributed by atoms with Crippen LogP contribution in [0.4, 0.5) is 0 Å². The average Bonchev–Trinajstić information content (AvgIpc) is 2.93. The second-order valence-electron chi connectivity index (χ2n) is 6.84. The van der Waals surface area contributed by atoms with Gasteiger partial charge in [0.05, 0.1) is 0 Å². The zero-order valence-electron chi connectivity index (χ0n) is 15.1. The van der Waals surface area contributed by atoms with Crippen molar-refractivity contribution in [2.24, 2.45) is 5.11 Å². The molecule has 0 radical (unpaired) electrons. The molecule has 2 saturated heterocycles. The molecule has 0 aliphatic carbocycles. The molecule has 1 N–H and O–H groups in total. The van der Waals surface area contributed by atoms with Crippen LogP contribution in [-0.2, 0) is 19.1 Å². The van der Waals surface area contributed by atoms with Crippen LogP contribution in [0.1, 0.15) is 25.5 Å². The molecule has 2 aliphatic heterocycles. The summed E-state index contributed by atoms with van der Waals surface area (Å²) in [6.07, 6.45) is 0. The van der Waals surface area contributed by atoms with Crippen molar-refractivity contribution in [1.29, 1.82) is 0 Å². The number of nitrogens with zero attached hydrogens (tertiary/aromatic N) is 4. The van der Waals surface area contributed by atoms with Crippen molar-refractivity contribution in [3.63, 3.8) is 0 Å². The average molecular weight is 424 g/mol. The summed E-state index contributed by atoms with van der Waals surface area (Å²) in [6.45, 7) is 3.66. The van der Waals surface area contributed by atoms with Gasteiger partial charge in [-0.15, -0.1) is 11.8 Å². The molecule has 3 rings (SSSR count). The van der Waals surface area contributed by atoms with Gasteiger partial charge in [0.2, 0.25) is 11.8 Å². The molecule has 28 heavy (non-hydrogen) atoms. The topological polar surface area (TPSA) is 124 Å². The Morgan fingerprint density at radius 2 is 2.11 bits per heavy atom. The van der Waals surface area contributed by atoms with Gasteiger partial charge in [-0.25, -0.2) is 4.79 Å². The number of azide groups is 1. The molecule has 0 spiro atoms. The number of alkyl halides is 1. The van der Waals surface area contributed by atoms with E-state index in [0.717, 1.165) is 0 Å². The van der Waals surface area contributed by atoms with Crippen molar-refractivity contribution in [1.82, 2.24) is 10.2 Å². The third-order valence-corrected chi connectivity index (χ3v) is 6.37. The highest BCUT2D eigenvalue weighted by Gasteiger charge is 2.64. The number of esters is 1. The SMILES string of the molecule is CC1(C)S[C@@H]2[C@H](NC(=O)C(N=[N+]=[N-])c3ccccc3)C(=O)N2[C@H]1C(=O)OCCl. The zero-order valence-corrected chi connectivity index (χ0v) is 16.7. The quantitative estimate of drug-likeness (QED) is 0.188. The molecule has 2 fully saturated rings. The Morgan fingerprint density at radius 1 is 1.43 bits per heavy atom. The van der Waals surface area contributed by atoms with Gasteiger partial charge < -0.3 is 15.0 Å². The molecule has 9 nitrogen and oxygen atoms in total. The normalized spacial score (nSPS) is 25.8. The Hall–Kier alpha value is -2.42. The Balaban J connectivity index is 1.76. The minimum atomic E-state index is -1.09. The molecular weight excluding hydrogens is 406 g/mol. The predicted octanol–water partition coefficient (Wildman–Crippen LogP) is 2.32. The predicted molar refractivity (Wildman–Crippen MR) is 103 cm³/mol. The van der Waals surface area contributed by atoms with Crippen molar-refractivity contribution < 1.29 is 19.1 Å². The number of hydrogen-bond donors (Lipinski definition) is 1. The lowest BCUT2D eigenvalue weighted by Gasteiger charge is -2.44. The Morgan fingerprint density at radius 3 is 2.71 bits per heavy atom. The summed E-state index contributed by atoms with van der Waals surface area (Å²) in [4.78, 5) is 41.7. The van der Waals surface area contributed by atoms with E-state index in [1.807, 2.05) is 13.8 Å². The number of hydrogen-bond acceptors (Lipinski definition) is 6. The van der Waals surface area contributed by atoms with Crippen LogP contribution in [0, 0.1) is 0 Å². The van der Waals surface area contributed by atoms with Crippen molar-refractivity contribution in [2.75, 3.05) is 6.07 Å². The number of nitrogens with one attached hydrogen (secondary N) is 1. The third-order valence-electron chi connectivity index (χ3n) is 4.69. The van der Waals surface area contributed by atoms with Gasteiger partial charge in [0.1, 0.15) is 23.5 Å². The second kappa shape index (κ2) is 7.90. The van der Waals surface area contributed by atoms with E-state index in [2.05, 4.69) is 15.3 Å². The van der Waals surface area contributed by atoms with Crippen LogP contribution in [0.25, 0.3) is 10.4 Å². The molecule has 2 heterocycles.